The van der Waals surface area contributed by atoms with Crippen molar-refractivity contribution in [2.24, 2.45) is 17.3 Å². The summed E-state index contributed by atoms with van der Waals surface area (Å²) in [4.78, 5) is 31.0. The van der Waals surface area contributed by atoms with Crippen molar-refractivity contribution in [1.29, 1.82) is 0 Å². The van der Waals surface area contributed by atoms with Crippen molar-refractivity contribution in [3.05, 3.63) is 52.4 Å². The number of rotatable bonds is 8. The third-order valence-electron chi connectivity index (χ3n) is 7.56. The molecule has 2 aliphatic heterocycles. The fourth-order valence-electron chi connectivity index (χ4n) is 5.64. The Morgan fingerprint density at radius 2 is 2.14 bits per heavy atom. The first-order valence-electron chi connectivity index (χ1n) is 13.2. The highest BCUT2D eigenvalue weighted by atomic mass is 35.5. The molecular weight excluding hydrogens is 478 g/mol. The number of aromatic nitrogens is 1. The first kappa shape index (κ1) is 25.3. The van der Waals surface area contributed by atoms with Crippen LogP contribution in [0.3, 0.4) is 0 Å². The maximum absolute atomic E-state index is 14.0. The Morgan fingerprint density at radius 3 is 2.89 bits per heavy atom. The fraction of sp³-hybridized carbons (Fsp3) is 0.607. The van der Waals surface area contributed by atoms with Gasteiger partial charge in [-0.15, -0.1) is 0 Å². The van der Waals surface area contributed by atoms with Crippen molar-refractivity contribution in [3.63, 3.8) is 0 Å². The van der Waals surface area contributed by atoms with Crippen LogP contribution in [0.5, 0.6) is 0 Å². The average Bonchev–Trinajstić information content (AvgIpc) is 3.57. The van der Waals surface area contributed by atoms with E-state index in [1.807, 2.05) is 29.2 Å². The lowest BCUT2D eigenvalue weighted by atomic mass is 9.72. The Labute approximate surface area is 218 Å². The Bertz CT molecular complexity index is 1100. The van der Waals surface area contributed by atoms with Crippen LogP contribution in [0, 0.1) is 17.3 Å². The van der Waals surface area contributed by atoms with E-state index in [1.54, 1.807) is 11.0 Å². The molecule has 0 bridgehead atoms. The zero-order valence-corrected chi connectivity index (χ0v) is 22.0. The monoisotopic (exact) mass is 513 g/mol. The first-order chi connectivity index (χ1) is 17.3. The molecule has 3 heterocycles. The van der Waals surface area contributed by atoms with Gasteiger partial charge in [-0.25, -0.2) is 0 Å². The molecule has 2 saturated heterocycles. The minimum Gasteiger partial charge on any atom is -0.376 e. The molecule has 2 amide bonds. The molecule has 0 radical (unpaired) electrons. The molecule has 8 heteroatoms. The maximum atomic E-state index is 14.0. The van der Waals surface area contributed by atoms with Gasteiger partial charge in [-0.3, -0.25) is 9.59 Å². The van der Waals surface area contributed by atoms with Gasteiger partial charge in [-0.05, 0) is 68.1 Å². The summed E-state index contributed by atoms with van der Waals surface area (Å²) in [7, 11) is 0. The van der Waals surface area contributed by atoms with E-state index >= 15 is 0 Å². The van der Waals surface area contributed by atoms with Gasteiger partial charge >= 0.3 is 0 Å². The van der Waals surface area contributed by atoms with Gasteiger partial charge in [-0.1, -0.05) is 42.7 Å². The lowest BCUT2D eigenvalue weighted by Crippen LogP contribution is -2.60. The van der Waals surface area contributed by atoms with Crippen LogP contribution in [0.2, 0.25) is 5.02 Å². The number of carbonyl (C=O) groups is 2. The summed E-state index contributed by atoms with van der Waals surface area (Å²) >= 11 is 6.22. The molecule has 0 N–H and O–H groups in total. The zero-order chi connectivity index (χ0) is 25.3. The highest BCUT2D eigenvalue weighted by molar-refractivity contribution is 6.30. The summed E-state index contributed by atoms with van der Waals surface area (Å²) in [5.41, 5.74) is 1.13. The average molecular weight is 514 g/mol. The summed E-state index contributed by atoms with van der Waals surface area (Å²) in [5.74, 6) is 1.24. The molecule has 3 fully saturated rings. The first-order valence-corrected chi connectivity index (χ1v) is 13.6. The van der Waals surface area contributed by atoms with Gasteiger partial charge in [0.2, 0.25) is 11.7 Å². The van der Waals surface area contributed by atoms with Crippen LogP contribution in [0.4, 0.5) is 0 Å². The second-order valence-corrected chi connectivity index (χ2v) is 11.7. The van der Waals surface area contributed by atoms with Crippen LogP contribution in [0.15, 0.2) is 34.9 Å². The number of piperidine rings is 2. The van der Waals surface area contributed by atoms with Gasteiger partial charge in [0.15, 0.2) is 0 Å². The van der Waals surface area contributed by atoms with Crippen LogP contribution < -0.4 is 0 Å². The minimum atomic E-state index is -0.653. The number of amides is 2. The van der Waals surface area contributed by atoms with E-state index in [1.165, 1.54) is 12.8 Å². The maximum Gasteiger partial charge on any atom is 0.292 e. The normalized spacial score (nSPS) is 24.7. The summed E-state index contributed by atoms with van der Waals surface area (Å²) in [6.45, 7) is 7.00. The number of nitrogens with zero attached hydrogens (tertiary/aromatic N) is 3. The topological polar surface area (TPSA) is 75.9 Å². The molecule has 194 valence electrons. The number of hydrogen-bond acceptors (Lipinski definition) is 5. The molecule has 1 aliphatic carbocycles. The van der Waals surface area contributed by atoms with E-state index in [0.29, 0.717) is 49.5 Å². The van der Waals surface area contributed by atoms with Crippen LogP contribution >= 0.6 is 11.6 Å². The number of benzene rings is 1. The molecule has 2 aromatic rings. The van der Waals surface area contributed by atoms with Gasteiger partial charge in [0.25, 0.3) is 5.91 Å². The largest absolute Gasteiger partial charge is 0.376 e. The van der Waals surface area contributed by atoms with E-state index in [-0.39, 0.29) is 23.7 Å². The molecule has 1 saturated carbocycles. The van der Waals surface area contributed by atoms with Gasteiger partial charge in [0.1, 0.15) is 0 Å². The predicted octanol–water partition coefficient (Wildman–Crippen LogP) is 4.98. The van der Waals surface area contributed by atoms with Crippen molar-refractivity contribution < 1.29 is 18.8 Å². The van der Waals surface area contributed by atoms with Crippen LogP contribution in [-0.2, 0) is 22.5 Å². The molecule has 3 aliphatic rings. The minimum absolute atomic E-state index is 0.0412. The van der Waals surface area contributed by atoms with Gasteiger partial charge < -0.3 is 19.1 Å². The zero-order valence-electron chi connectivity index (χ0n) is 21.2. The Morgan fingerprint density at radius 1 is 1.31 bits per heavy atom. The predicted molar refractivity (Wildman–Crippen MR) is 137 cm³/mol. The van der Waals surface area contributed by atoms with Crippen molar-refractivity contribution in [1.82, 2.24) is 15.0 Å². The summed E-state index contributed by atoms with van der Waals surface area (Å²) in [6.07, 6.45) is 5.33. The van der Waals surface area contributed by atoms with E-state index in [0.717, 1.165) is 37.1 Å². The third kappa shape index (κ3) is 5.78. The van der Waals surface area contributed by atoms with E-state index in [4.69, 9.17) is 20.9 Å². The van der Waals surface area contributed by atoms with Crippen molar-refractivity contribution >= 4 is 23.4 Å². The van der Waals surface area contributed by atoms with E-state index in [2.05, 4.69) is 19.0 Å². The lowest BCUT2D eigenvalue weighted by Gasteiger charge is -2.49. The molecule has 1 spiro atoms. The summed E-state index contributed by atoms with van der Waals surface area (Å²) in [5, 5.41) is 4.75. The second-order valence-electron chi connectivity index (χ2n) is 11.3. The van der Waals surface area contributed by atoms with Crippen molar-refractivity contribution in [3.8, 4) is 0 Å². The standard InChI is InChI=1S/C28H36ClN3O4/c1-19(2)11-23-13-25(36-30-23)26(33)31-10-4-9-28(18-31)14-24(35-17-20-7-8-20)16-32(27(28)34)15-21-5-3-6-22(29)12-21/h3,5-6,12-13,19-20,24H,4,7-11,14-18H2,1-2H3/t24-,28-/m0/s1. The number of likely N-dealkylation sites (tertiary alicyclic amines) is 2. The molecule has 1 aromatic heterocycles. The second kappa shape index (κ2) is 10.5. The quantitative estimate of drug-likeness (QED) is 0.497. The SMILES string of the molecule is CC(C)Cc1cc(C(=O)N2CCC[C@]3(C[C@H](OCC4CC4)CN(Cc4cccc(Cl)c4)C3=O)C2)on1. The molecule has 5 rings (SSSR count). The number of ether oxygens (including phenoxy) is 1. The van der Waals surface area contributed by atoms with Crippen LogP contribution in [0.25, 0.3) is 0 Å². The molecule has 0 unspecified atom stereocenters. The number of hydrogen-bond donors (Lipinski definition) is 0. The van der Waals surface area contributed by atoms with E-state index < -0.39 is 5.41 Å². The highest BCUT2D eigenvalue weighted by Crippen LogP contribution is 2.42. The highest BCUT2D eigenvalue weighted by Gasteiger charge is 2.51. The Hall–Kier alpha value is -2.38. The van der Waals surface area contributed by atoms with Gasteiger partial charge in [0, 0.05) is 43.9 Å². The lowest BCUT2D eigenvalue weighted by molar-refractivity contribution is -0.160. The van der Waals surface area contributed by atoms with Crippen molar-refractivity contribution in [2.75, 3.05) is 26.2 Å². The van der Waals surface area contributed by atoms with Crippen molar-refractivity contribution in [2.45, 2.75) is 65.0 Å². The van der Waals surface area contributed by atoms with E-state index in [9.17, 15) is 9.59 Å². The fourth-order valence-corrected chi connectivity index (χ4v) is 5.85. The summed E-state index contributed by atoms with van der Waals surface area (Å²) in [6, 6.07) is 9.41. The van der Waals surface area contributed by atoms with Gasteiger partial charge in [-0.2, -0.15) is 0 Å². The molecule has 1 aromatic carbocycles. The molecule has 2 atom stereocenters. The third-order valence-corrected chi connectivity index (χ3v) is 7.80. The van der Waals surface area contributed by atoms with Crippen LogP contribution in [-0.4, -0.2) is 59.1 Å². The molecular formula is C28H36ClN3O4. The molecule has 7 nitrogen and oxygen atoms in total. The van der Waals surface area contributed by atoms with Crippen LogP contribution in [0.1, 0.15) is 67.8 Å². The smallest absolute Gasteiger partial charge is 0.292 e. The Balaban J connectivity index is 1.35. The van der Waals surface area contributed by atoms with Gasteiger partial charge in [0.05, 0.1) is 17.2 Å². The number of halogens is 1. The Kier molecular flexibility index (Phi) is 7.40. The summed E-state index contributed by atoms with van der Waals surface area (Å²) < 4.78 is 11.8. The number of carbonyl (C=O) groups excluding carboxylic acids is 2. The molecule has 36 heavy (non-hydrogen) atoms.